The van der Waals surface area contributed by atoms with Crippen molar-refractivity contribution in [1.82, 2.24) is 4.90 Å². The van der Waals surface area contributed by atoms with Crippen molar-refractivity contribution in [2.45, 2.75) is 44.2 Å². The van der Waals surface area contributed by atoms with Crippen LogP contribution < -0.4 is 5.32 Å². The van der Waals surface area contributed by atoms with E-state index in [-0.39, 0.29) is 17.9 Å². The van der Waals surface area contributed by atoms with Crippen LogP contribution in [-0.2, 0) is 4.79 Å². The fourth-order valence-corrected chi connectivity index (χ4v) is 4.79. The third kappa shape index (κ3) is 3.78. The van der Waals surface area contributed by atoms with Crippen molar-refractivity contribution < 1.29 is 22.8 Å². The Bertz CT molecular complexity index is 1000. The molecule has 8 heteroatoms. The summed E-state index contributed by atoms with van der Waals surface area (Å²) in [6.45, 7) is 0. The third-order valence-corrected chi connectivity index (χ3v) is 6.22. The highest BCUT2D eigenvalue weighted by molar-refractivity contribution is 6.31. The summed E-state index contributed by atoms with van der Waals surface area (Å²) in [6, 6.07) is 7.28. The zero-order valence-electron chi connectivity index (χ0n) is 16.0. The number of nitrogens with one attached hydrogen (secondary N) is 1. The minimum atomic E-state index is -1.65. The van der Waals surface area contributed by atoms with Crippen molar-refractivity contribution in [3.63, 3.8) is 0 Å². The summed E-state index contributed by atoms with van der Waals surface area (Å²) in [5.41, 5.74) is -0.0885. The number of hydrogen-bond donors (Lipinski definition) is 1. The third-order valence-electron chi connectivity index (χ3n) is 5.99. The van der Waals surface area contributed by atoms with Gasteiger partial charge in [0.25, 0.3) is 5.91 Å². The first-order valence-electron chi connectivity index (χ1n) is 9.89. The van der Waals surface area contributed by atoms with Gasteiger partial charge in [0.05, 0.1) is 5.69 Å². The van der Waals surface area contributed by atoms with Crippen LogP contribution in [0.1, 0.15) is 42.5 Å². The maximum absolute atomic E-state index is 14.0. The van der Waals surface area contributed by atoms with Crippen LogP contribution in [0.5, 0.6) is 0 Å². The number of benzene rings is 2. The number of halogens is 4. The lowest BCUT2D eigenvalue weighted by Gasteiger charge is -2.33. The molecule has 2 aliphatic rings. The lowest BCUT2D eigenvalue weighted by Crippen LogP contribution is -2.47. The molecule has 2 aromatic carbocycles. The van der Waals surface area contributed by atoms with Gasteiger partial charge < -0.3 is 10.2 Å². The van der Waals surface area contributed by atoms with Crippen molar-refractivity contribution in [2.75, 3.05) is 5.32 Å². The quantitative estimate of drug-likeness (QED) is 0.675. The van der Waals surface area contributed by atoms with E-state index in [1.807, 2.05) is 0 Å². The molecule has 1 saturated heterocycles. The van der Waals surface area contributed by atoms with Crippen molar-refractivity contribution in [3.05, 3.63) is 64.4 Å². The van der Waals surface area contributed by atoms with Crippen LogP contribution in [0.15, 0.2) is 36.4 Å². The summed E-state index contributed by atoms with van der Waals surface area (Å²) in [4.78, 5) is 27.9. The lowest BCUT2D eigenvalue weighted by molar-refractivity contribution is -0.120. The molecule has 1 heterocycles. The number of likely N-dealkylation sites (tertiary alicyclic amines) is 1. The van der Waals surface area contributed by atoms with Gasteiger partial charge in [0, 0.05) is 16.6 Å². The molecule has 4 rings (SSSR count). The van der Waals surface area contributed by atoms with Gasteiger partial charge in [-0.15, -0.1) is 0 Å². The molecule has 0 bridgehead atoms. The van der Waals surface area contributed by atoms with Gasteiger partial charge in [-0.1, -0.05) is 30.5 Å². The summed E-state index contributed by atoms with van der Waals surface area (Å²) >= 11 is 6.03. The molecule has 4 nitrogen and oxygen atoms in total. The molecule has 2 amide bonds. The van der Waals surface area contributed by atoms with Crippen molar-refractivity contribution in [1.29, 1.82) is 0 Å². The Kier molecular flexibility index (Phi) is 5.73. The van der Waals surface area contributed by atoms with Gasteiger partial charge in [0.1, 0.15) is 6.04 Å². The Balaban J connectivity index is 1.63. The van der Waals surface area contributed by atoms with Crippen molar-refractivity contribution in [3.8, 4) is 0 Å². The summed E-state index contributed by atoms with van der Waals surface area (Å²) < 4.78 is 40.8. The fraction of sp³-hybridized carbons (Fsp3) is 0.364. The van der Waals surface area contributed by atoms with E-state index in [2.05, 4.69) is 5.32 Å². The zero-order chi connectivity index (χ0) is 21.4. The van der Waals surface area contributed by atoms with E-state index in [0.29, 0.717) is 17.0 Å². The first-order chi connectivity index (χ1) is 14.4. The van der Waals surface area contributed by atoms with Crippen LogP contribution in [0, 0.1) is 23.4 Å². The number of hydrogen-bond acceptors (Lipinski definition) is 2. The molecule has 1 N–H and O–H groups in total. The first kappa shape index (κ1) is 20.7. The van der Waals surface area contributed by atoms with Gasteiger partial charge in [-0.3, -0.25) is 9.59 Å². The largest absolute Gasteiger partial charge is 0.323 e. The molecule has 2 fully saturated rings. The summed E-state index contributed by atoms with van der Waals surface area (Å²) in [5, 5.41) is 2.74. The first-order valence-corrected chi connectivity index (χ1v) is 10.3. The Morgan fingerprint density at radius 3 is 2.57 bits per heavy atom. The standard InChI is InChI=1S/C22H20ClF3N2O2/c23-14-6-3-5-13(10-14)22(30)28-17-7-2-1-4-12(17)11-18(28)21(29)27-16-9-8-15(24)19(25)20(16)26/h3,5-6,8-10,12,17-18H,1-2,4,7,11H2,(H,27,29). The van der Waals surface area contributed by atoms with Crippen LogP contribution in [0.4, 0.5) is 18.9 Å². The van der Waals surface area contributed by atoms with E-state index in [4.69, 9.17) is 11.6 Å². The number of carbonyl (C=O) groups is 2. The van der Waals surface area contributed by atoms with Crippen molar-refractivity contribution >= 4 is 29.1 Å². The molecule has 0 spiro atoms. The van der Waals surface area contributed by atoms with Crippen molar-refractivity contribution in [2.24, 2.45) is 5.92 Å². The highest BCUT2D eigenvalue weighted by Crippen LogP contribution is 2.41. The van der Waals surface area contributed by atoms with E-state index < -0.39 is 35.1 Å². The highest BCUT2D eigenvalue weighted by atomic mass is 35.5. The van der Waals surface area contributed by atoms with Crippen LogP contribution in [0.3, 0.4) is 0 Å². The Labute approximate surface area is 177 Å². The number of rotatable bonds is 3. The molecule has 0 radical (unpaired) electrons. The van der Waals surface area contributed by atoms with Gasteiger partial charge in [-0.2, -0.15) is 0 Å². The maximum Gasteiger partial charge on any atom is 0.254 e. The van der Waals surface area contributed by atoms with Gasteiger partial charge in [-0.25, -0.2) is 13.2 Å². The average molecular weight is 437 g/mol. The predicted octanol–water partition coefficient (Wildman–Crippen LogP) is 5.17. The summed E-state index contributed by atoms with van der Waals surface area (Å²) in [5.74, 6) is -5.24. The van der Waals surface area contributed by atoms with Crippen LogP contribution in [0.25, 0.3) is 0 Å². The topological polar surface area (TPSA) is 49.4 Å². The van der Waals surface area contributed by atoms with E-state index in [1.165, 1.54) is 0 Å². The Hall–Kier alpha value is -2.54. The Morgan fingerprint density at radius 1 is 1.03 bits per heavy atom. The lowest BCUT2D eigenvalue weighted by atomic mass is 9.84. The number of nitrogens with zero attached hydrogens (tertiary/aromatic N) is 1. The van der Waals surface area contributed by atoms with E-state index in [9.17, 15) is 22.8 Å². The molecular weight excluding hydrogens is 417 g/mol. The number of fused-ring (bicyclic) bond motifs is 1. The highest BCUT2D eigenvalue weighted by Gasteiger charge is 2.47. The second-order valence-electron chi connectivity index (χ2n) is 7.80. The normalized spacial score (nSPS) is 23.2. The van der Waals surface area contributed by atoms with Gasteiger partial charge in [-0.05, 0) is 55.5 Å². The van der Waals surface area contributed by atoms with Crippen LogP contribution in [0.2, 0.25) is 5.02 Å². The molecular formula is C22H20ClF3N2O2. The molecule has 1 saturated carbocycles. The smallest absolute Gasteiger partial charge is 0.254 e. The molecule has 3 unspecified atom stereocenters. The second kappa shape index (κ2) is 8.30. The number of carbonyl (C=O) groups excluding carboxylic acids is 2. The number of amides is 2. The van der Waals surface area contributed by atoms with Crippen LogP contribution in [-0.4, -0.2) is 28.8 Å². The van der Waals surface area contributed by atoms with Gasteiger partial charge >= 0.3 is 0 Å². The monoisotopic (exact) mass is 436 g/mol. The van der Waals surface area contributed by atoms with Crippen LogP contribution >= 0.6 is 11.6 Å². The summed E-state index contributed by atoms with van der Waals surface area (Å²) in [6.07, 6.45) is 4.08. The fourth-order valence-electron chi connectivity index (χ4n) is 4.60. The minimum Gasteiger partial charge on any atom is -0.323 e. The molecule has 30 heavy (non-hydrogen) atoms. The molecule has 158 valence electrons. The zero-order valence-corrected chi connectivity index (χ0v) is 16.8. The SMILES string of the molecule is O=C(Nc1ccc(F)c(F)c1F)C1CC2CCCCC2N1C(=O)c1cccc(Cl)c1. The average Bonchev–Trinajstić information content (AvgIpc) is 3.13. The maximum atomic E-state index is 14.0. The van der Waals surface area contributed by atoms with E-state index in [1.54, 1.807) is 29.2 Å². The van der Waals surface area contributed by atoms with E-state index in [0.717, 1.165) is 37.8 Å². The second-order valence-corrected chi connectivity index (χ2v) is 8.23. The number of anilines is 1. The molecule has 1 aliphatic heterocycles. The molecule has 2 aromatic rings. The molecule has 3 atom stereocenters. The predicted molar refractivity (Wildman–Crippen MR) is 107 cm³/mol. The van der Waals surface area contributed by atoms with Gasteiger partial charge in [0.2, 0.25) is 5.91 Å². The van der Waals surface area contributed by atoms with Gasteiger partial charge in [0.15, 0.2) is 17.5 Å². The Morgan fingerprint density at radius 2 is 1.80 bits per heavy atom. The summed E-state index contributed by atoms with van der Waals surface area (Å²) in [7, 11) is 0. The van der Waals surface area contributed by atoms with E-state index >= 15 is 0 Å². The molecule has 1 aliphatic carbocycles. The molecule has 0 aromatic heterocycles. The minimum absolute atomic E-state index is 0.101.